The van der Waals surface area contributed by atoms with E-state index in [1.807, 2.05) is 0 Å². The van der Waals surface area contributed by atoms with Crippen molar-refractivity contribution in [1.82, 2.24) is 0 Å². The number of hydrogen-bond donors (Lipinski definition) is 1. The molecule has 0 amide bonds. The Morgan fingerprint density at radius 3 is 2.35 bits per heavy atom. The number of aliphatic carboxylic acids is 1. The summed E-state index contributed by atoms with van der Waals surface area (Å²) in [5.74, 6) is -3.31. The van der Waals surface area contributed by atoms with Gasteiger partial charge in [-0.3, -0.25) is 4.79 Å². The molecular weight excluding hydrogens is 232 g/mol. The smallest absolute Gasteiger partial charge is 0.387 e. The van der Waals surface area contributed by atoms with Crippen molar-refractivity contribution in [3.63, 3.8) is 0 Å². The van der Waals surface area contributed by atoms with Gasteiger partial charge in [-0.05, 0) is 13.8 Å². The SMILES string of the molecule is C=CC(=O)OOC(=O)C(C)(CC(=O)O)OCC. The summed E-state index contributed by atoms with van der Waals surface area (Å²) in [4.78, 5) is 40.9. The zero-order valence-corrected chi connectivity index (χ0v) is 9.60. The third-order valence-corrected chi connectivity index (χ3v) is 1.75. The van der Waals surface area contributed by atoms with Crippen LogP contribution in [0.5, 0.6) is 0 Å². The van der Waals surface area contributed by atoms with E-state index in [-0.39, 0.29) is 6.61 Å². The molecule has 0 aliphatic heterocycles. The summed E-state index contributed by atoms with van der Waals surface area (Å²) in [6, 6.07) is 0. The van der Waals surface area contributed by atoms with Crippen molar-refractivity contribution in [2.24, 2.45) is 0 Å². The molecule has 0 aliphatic carbocycles. The predicted octanol–water partition coefficient (Wildman–Crippen LogP) is 0.444. The van der Waals surface area contributed by atoms with E-state index in [1.165, 1.54) is 6.92 Å². The van der Waals surface area contributed by atoms with Crippen molar-refractivity contribution in [1.29, 1.82) is 0 Å². The van der Waals surface area contributed by atoms with Crippen LogP contribution in [0.3, 0.4) is 0 Å². The van der Waals surface area contributed by atoms with Gasteiger partial charge in [-0.2, -0.15) is 0 Å². The van der Waals surface area contributed by atoms with E-state index in [4.69, 9.17) is 9.84 Å². The van der Waals surface area contributed by atoms with E-state index in [0.717, 1.165) is 6.08 Å². The van der Waals surface area contributed by atoms with Gasteiger partial charge in [-0.1, -0.05) is 6.58 Å². The van der Waals surface area contributed by atoms with Crippen LogP contribution >= 0.6 is 0 Å². The number of hydrogen-bond acceptors (Lipinski definition) is 6. The molecule has 0 aromatic rings. The van der Waals surface area contributed by atoms with E-state index >= 15 is 0 Å². The fourth-order valence-corrected chi connectivity index (χ4v) is 0.990. The second-order valence-electron chi connectivity index (χ2n) is 3.21. The zero-order chi connectivity index (χ0) is 13.5. The average Bonchev–Trinajstić information content (AvgIpc) is 2.24. The lowest BCUT2D eigenvalue weighted by molar-refractivity contribution is -0.268. The fraction of sp³-hybridized carbons (Fsp3) is 0.500. The number of ether oxygens (including phenoxy) is 1. The van der Waals surface area contributed by atoms with Crippen LogP contribution in [-0.4, -0.2) is 35.2 Å². The molecule has 1 unspecified atom stereocenters. The minimum absolute atomic E-state index is 0.105. The highest BCUT2D eigenvalue weighted by molar-refractivity contribution is 5.86. The molecule has 0 rings (SSSR count). The van der Waals surface area contributed by atoms with Gasteiger partial charge in [0.15, 0.2) is 5.60 Å². The minimum atomic E-state index is -1.71. The van der Waals surface area contributed by atoms with E-state index < -0.39 is 29.9 Å². The molecule has 0 saturated heterocycles. The average molecular weight is 246 g/mol. The number of carboxylic acids is 1. The van der Waals surface area contributed by atoms with Gasteiger partial charge in [0, 0.05) is 12.7 Å². The van der Waals surface area contributed by atoms with Crippen LogP contribution in [0.2, 0.25) is 0 Å². The first-order valence-corrected chi connectivity index (χ1v) is 4.76. The number of carbonyl (C=O) groups excluding carboxylic acids is 2. The lowest BCUT2D eigenvalue weighted by atomic mass is 10.0. The number of carbonyl (C=O) groups is 3. The Balaban J connectivity index is 4.58. The molecule has 7 nitrogen and oxygen atoms in total. The van der Waals surface area contributed by atoms with Crippen LogP contribution in [0.1, 0.15) is 20.3 Å². The molecule has 17 heavy (non-hydrogen) atoms. The van der Waals surface area contributed by atoms with Crippen LogP contribution in [0.15, 0.2) is 12.7 Å². The topological polar surface area (TPSA) is 99.1 Å². The van der Waals surface area contributed by atoms with E-state index in [0.29, 0.717) is 0 Å². The minimum Gasteiger partial charge on any atom is -0.481 e. The highest BCUT2D eigenvalue weighted by Crippen LogP contribution is 2.18. The number of carboxylic acid groups (broad SMARTS) is 1. The summed E-state index contributed by atoms with van der Waals surface area (Å²) >= 11 is 0. The molecule has 7 heteroatoms. The van der Waals surface area contributed by atoms with Crippen molar-refractivity contribution in [3.05, 3.63) is 12.7 Å². The summed E-state index contributed by atoms with van der Waals surface area (Å²) < 4.78 is 5.00. The fourth-order valence-electron chi connectivity index (χ4n) is 0.990. The van der Waals surface area contributed by atoms with Crippen molar-refractivity contribution >= 4 is 17.9 Å². The van der Waals surface area contributed by atoms with Crippen LogP contribution in [0.4, 0.5) is 0 Å². The second-order valence-corrected chi connectivity index (χ2v) is 3.21. The van der Waals surface area contributed by atoms with Crippen LogP contribution in [0, 0.1) is 0 Å². The molecule has 0 aromatic carbocycles. The Kier molecular flexibility index (Phi) is 5.90. The largest absolute Gasteiger partial charge is 0.481 e. The molecule has 96 valence electrons. The van der Waals surface area contributed by atoms with E-state index in [1.54, 1.807) is 6.92 Å². The first-order valence-electron chi connectivity index (χ1n) is 4.76. The molecule has 0 aromatic heterocycles. The maximum atomic E-state index is 11.5. The molecule has 0 aliphatic rings. The van der Waals surface area contributed by atoms with Gasteiger partial charge in [0.1, 0.15) is 0 Å². The normalized spacial score (nSPS) is 13.3. The van der Waals surface area contributed by atoms with Gasteiger partial charge >= 0.3 is 17.9 Å². The summed E-state index contributed by atoms with van der Waals surface area (Å²) in [5.41, 5.74) is -1.71. The van der Waals surface area contributed by atoms with Crippen LogP contribution in [0.25, 0.3) is 0 Å². The molecule has 0 saturated carbocycles. The van der Waals surface area contributed by atoms with Crippen LogP contribution in [-0.2, 0) is 28.9 Å². The van der Waals surface area contributed by atoms with Crippen molar-refractivity contribution < 1.29 is 34.0 Å². The van der Waals surface area contributed by atoms with Gasteiger partial charge < -0.3 is 9.84 Å². The summed E-state index contributed by atoms with van der Waals surface area (Å²) in [7, 11) is 0. The monoisotopic (exact) mass is 246 g/mol. The summed E-state index contributed by atoms with van der Waals surface area (Å²) in [5, 5.41) is 8.64. The third kappa shape index (κ3) is 5.12. The third-order valence-electron chi connectivity index (χ3n) is 1.75. The molecule has 0 spiro atoms. The lowest BCUT2D eigenvalue weighted by Gasteiger charge is -2.23. The van der Waals surface area contributed by atoms with Gasteiger partial charge in [-0.15, -0.1) is 0 Å². The van der Waals surface area contributed by atoms with Gasteiger partial charge in [0.05, 0.1) is 6.42 Å². The van der Waals surface area contributed by atoms with Crippen molar-refractivity contribution in [2.45, 2.75) is 25.9 Å². The first kappa shape index (κ1) is 15.1. The molecule has 0 fully saturated rings. The molecule has 1 N–H and O–H groups in total. The number of rotatable bonds is 6. The quantitative estimate of drug-likeness (QED) is 0.412. The Labute approximate surface area is 97.9 Å². The maximum Gasteiger partial charge on any atom is 0.387 e. The molecule has 1 atom stereocenters. The highest BCUT2D eigenvalue weighted by Gasteiger charge is 2.40. The highest BCUT2D eigenvalue weighted by atomic mass is 17.2. The standard InChI is InChI=1S/C10H14O7/c1-4-8(13)16-17-9(14)10(3,15-5-2)6-7(11)12/h4H,1,5-6H2,2-3H3,(H,11,12). The van der Waals surface area contributed by atoms with E-state index in [9.17, 15) is 14.4 Å². The van der Waals surface area contributed by atoms with Gasteiger partial charge in [0.25, 0.3) is 0 Å². The van der Waals surface area contributed by atoms with Crippen molar-refractivity contribution in [3.8, 4) is 0 Å². The molecule has 0 bridgehead atoms. The Hall–Kier alpha value is -1.89. The van der Waals surface area contributed by atoms with Crippen LogP contribution < -0.4 is 0 Å². The molecule has 0 heterocycles. The first-order chi connectivity index (χ1) is 7.85. The Morgan fingerprint density at radius 2 is 1.94 bits per heavy atom. The Morgan fingerprint density at radius 1 is 1.35 bits per heavy atom. The van der Waals surface area contributed by atoms with Gasteiger partial charge in [0.2, 0.25) is 0 Å². The van der Waals surface area contributed by atoms with Crippen molar-refractivity contribution in [2.75, 3.05) is 6.61 Å². The second kappa shape index (κ2) is 6.64. The van der Waals surface area contributed by atoms with E-state index in [2.05, 4.69) is 16.4 Å². The molecule has 0 radical (unpaired) electrons. The maximum absolute atomic E-state index is 11.5. The summed E-state index contributed by atoms with van der Waals surface area (Å²) in [6.45, 7) is 6.02. The summed E-state index contributed by atoms with van der Waals surface area (Å²) in [6.07, 6.45) is 0.188. The molecular formula is C10H14O7. The predicted molar refractivity (Wildman–Crippen MR) is 54.7 cm³/mol. The Bertz CT molecular complexity index is 323. The van der Waals surface area contributed by atoms with Gasteiger partial charge in [-0.25, -0.2) is 19.4 Å². The zero-order valence-electron chi connectivity index (χ0n) is 9.60. The lowest BCUT2D eigenvalue weighted by Crippen LogP contribution is -2.42.